The zero-order valence-corrected chi connectivity index (χ0v) is 10.1. The van der Waals surface area contributed by atoms with Crippen molar-refractivity contribution in [1.29, 1.82) is 5.26 Å². The molecule has 86 valence electrons. The normalized spacial score (nSPS) is 12.2. The Morgan fingerprint density at radius 1 is 1.31 bits per heavy atom. The van der Waals surface area contributed by atoms with Crippen molar-refractivity contribution in [3.8, 4) is 11.8 Å². The van der Waals surface area contributed by atoms with Gasteiger partial charge in [0, 0.05) is 0 Å². The fourth-order valence-corrected chi connectivity index (χ4v) is 1.53. The van der Waals surface area contributed by atoms with Crippen LogP contribution in [0.2, 0.25) is 0 Å². The summed E-state index contributed by atoms with van der Waals surface area (Å²) in [4.78, 5) is 2.09. The number of hydrogen-bond donors (Lipinski definition) is 0. The van der Waals surface area contributed by atoms with Gasteiger partial charge < -0.3 is 9.64 Å². The molecule has 3 heteroatoms. The molecule has 0 aliphatic carbocycles. The van der Waals surface area contributed by atoms with E-state index in [2.05, 4.69) is 11.0 Å². The van der Waals surface area contributed by atoms with Crippen LogP contribution in [0.3, 0.4) is 0 Å². The maximum absolute atomic E-state index is 9.12. The van der Waals surface area contributed by atoms with Crippen molar-refractivity contribution in [2.24, 2.45) is 0 Å². The maximum Gasteiger partial charge on any atom is 0.118 e. The number of hydrogen-bond acceptors (Lipinski definition) is 3. The second kappa shape index (κ2) is 6.14. The molecule has 0 aliphatic rings. The van der Waals surface area contributed by atoms with E-state index in [-0.39, 0.29) is 5.92 Å². The highest BCUT2D eigenvalue weighted by atomic mass is 16.5. The Morgan fingerprint density at radius 2 is 1.94 bits per heavy atom. The Kier molecular flexibility index (Phi) is 4.81. The van der Waals surface area contributed by atoms with E-state index in [4.69, 9.17) is 10.00 Å². The molecule has 1 unspecified atom stereocenters. The minimum Gasteiger partial charge on any atom is -0.497 e. The van der Waals surface area contributed by atoms with Gasteiger partial charge in [0.2, 0.25) is 0 Å². The Morgan fingerprint density at radius 3 is 2.38 bits per heavy atom. The first-order valence-corrected chi connectivity index (χ1v) is 5.35. The molecule has 0 aliphatic heterocycles. The predicted molar refractivity (Wildman–Crippen MR) is 64.5 cm³/mol. The molecule has 1 atom stereocenters. The van der Waals surface area contributed by atoms with Gasteiger partial charge in [0.15, 0.2) is 0 Å². The summed E-state index contributed by atoms with van der Waals surface area (Å²) in [6.45, 7) is 0.921. The van der Waals surface area contributed by atoms with E-state index in [0.29, 0.717) is 0 Å². The van der Waals surface area contributed by atoms with Crippen molar-refractivity contribution in [3.05, 3.63) is 29.8 Å². The summed E-state index contributed by atoms with van der Waals surface area (Å²) in [5.41, 5.74) is 1.06. The Labute approximate surface area is 97.3 Å². The molecule has 0 aromatic heterocycles. The van der Waals surface area contributed by atoms with Crippen LogP contribution in [-0.2, 0) is 0 Å². The molecular weight excluding hydrogens is 200 g/mol. The highest BCUT2D eigenvalue weighted by Gasteiger charge is 2.10. The number of ether oxygens (including phenoxy) is 1. The van der Waals surface area contributed by atoms with Crippen LogP contribution in [0.4, 0.5) is 0 Å². The number of rotatable bonds is 5. The lowest BCUT2D eigenvalue weighted by Gasteiger charge is -2.13. The topological polar surface area (TPSA) is 36.3 Å². The molecule has 3 nitrogen and oxygen atoms in total. The van der Waals surface area contributed by atoms with Crippen molar-refractivity contribution < 1.29 is 4.74 Å². The van der Waals surface area contributed by atoms with Crippen molar-refractivity contribution in [2.45, 2.75) is 12.3 Å². The third-order valence-electron chi connectivity index (χ3n) is 2.54. The molecule has 0 saturated heterocycles. The third-order valence-corrected chi connectivity index (χ3v) is 2.54. The molecule has 1 rings (SSSR count). The van der Waals surface area contributed by atoms with E-state index in [1.165, 1.54) is 0 Å². The van der Waals surface area contributed by atoms with E-state index in [1.807, 2.05) is 38.4 Å². The standard InChI is InChI=1S/C13H18N2O/c1-15(2)9-8-12(10-14)11-4-6-13(16-3)7-5-11/h4-7,12H,8-9H2,1-3H3. The first kappa shape index (κ1) is 12.5. The molecule has 0 amide bonds. The van der Waals surface area contributed by atoms with Crippen LogP contribution in [0.1, 0.15) is 17.9 Å². The van der Waals surface area contributed by atoms with Crippen LogP contribution >= 0.6 is 0 Å². The number of methoxy groups -OCH3 is 1. The minimum absolute atomic E-state index is 0.0340. The van der Waals surface area contributed by atoms with Gasteiger partial charge in [0.25, 0.3) is 0 Å². The van der Waals surface area contributed by atoms with Crippen LogP contribution in [0, 0.1) is 11.3 Å². The molecule has 16 heavy (non-hydrogen) atoms. The number of benzene rings is 1. The lowest BCUT2D eigenvalue weighted by atomic mass is 9.97. The average Bonchev–Trinajstić information content (AvgIpc) is 2.30. The van der Waals surface area contributed by atoms with Crippen molar-refractivity contribution in [1.82, 2.24) is 4.90 Å². The molecule has 1 aromatic rings. The Hall–Kier alpha value is -1.53. The lowest BCUT2D eigenvalue weighted by Crippen LogP contribution is -2.15. The highest BCUT2D eigenvalue weighted by molar-refractivity contribution is 5.31. The van der Waals surface area contributed by atoms with Crippen LogP contribution in [0.15, 0.2) is 24.3 Å². The zero-order chi connectivity index (χ0) is 12.0. The average molecular weight is 218 g/mol. The van der Waals surface area contributed by atoms with Gasteiger partial charge in [-0.15, -0.1) is 0 Å². The van der Waals surface area contributed by atoms with E-state index in [1.54, 1.807) is 7.11 Å². The van der Waals surface area contributed by atoms with Gasteiger partial charge in [-0.1, -0.05) is 12.1 Å². The first-order valence-electron chi connectivity index (χ1n) is 5.35. The van der Waals surface area contributed by atoms with Crippen LogP contribution in [0.5, 0.6) is 5.75 Å². The molecule has 0 heterocycles. The molecular formula is C13H18N2O. The van der Waals surface area contributed by atoms with E-state index in [9.17, 15) is 0 Å². The van der Waals surface area contributed by atoms with Gasteiger partial charge in [-0.25, -0.2) is 0 Å². The van der Waals surface area contributed by atoms with Crippen molar-refractivity contribution in [2.75, 3.05) is 27.7 Å². The summed E-state index contributed by atoms with van der Waals surface area (Å²) in [6.07, 6.45) is 0.857. The highest BCUT2D eigenvalue weighted by Crippen LogP contribution is 2.21. The van der Waals surface area contributed by atoms with Gasteiger partial charge in [-0.05, 0) is 44.8 Å². The molecule has 0 saturated carbocycles. The summed E-state index contributed by atoms with van der Waals surface area (Å²) >= 11 is 0. The molecule has 0 N–H and O–H groups in total. The van der Waals surface area contributed by atoms with E-state index in [0.717, 1.165) is 24.3 Å². The van der Waals surface area contributed by atoms with E-state index >= 15 is 0 Å². The fraction of sp³-hybridized carbons (Fsp3) is 0.462. The molecule has 0 radical (unpaired) electrons. The smallest absolute Gasteiger partial charge is 0.118 e. The minimum atomic E-state index is -0.0340. The lowest BCUT2D eigenvalue weighted by molar-refractivity contribution is 0.393. The molecule has 1 aromatic carbocycles. The number of nitriles is 1. The largest absolute Gasteiger partial charge is 0.497 e. The van der Waals surface area contributed by atoms with Crippen LogP contribution in [0.25, 0.3) is 0 Å². The second-order valence-electron chi connectivity index (χ2n) is 4.05. The van der Waals surface area contributed by atoms with Gasteiger partial charge in [-0.2, -0.15) is 5.26 Å². The SMILES string of the molecule is COc1ccc(C(C#N)CCN(C)C)cc1. The Bertz CT molecular complexity index is 351. The van der Waals surface area contributed by atoms with Gasteiger partial charge in [-0.3, -0.25) is 0 Å². The maximum atomic E-state index is 9.12. The van der Waals surface area contributed by atoms with Crippen LogP contribution < -0.4 is 4.74 Å². The summed E-state index contributed by atoms with van der Waals surface area (Å²) in [5.74, 6) is 0.793. The molecule has 0 spiro atoms. The first-order chi connectivity index (χ1) is 7.67. The summed E-state index contributed by atoms with van der Waals surface area (Å²) < 4.78 is 5.09. The summed E-state index contributed by atoms with van der Waals surface area (Å²) in [5, 5.41) is 9.12. The molecule has 0 fully saturated rings. The van der Waals surface area contributed by atoms with E-state index < -0.39 is 0 Å². The van der Waals surface area contributed by atoms with Gasteiger partial charge in [0.1, 0.15) is 5.75 Å². The second-order valence-corrected chi connectivity index (χ2v) is 4.05. The summed E-state index contributed by atoms with van der Waals surface area (Å²) in [6, 6.07) is 10.1. The fourth-order valence-electron chi connectivity index (χ4n) is 1.53. The number of nitrogens with zero attached hydrogens (tertiary/aromatic N) is 2. The van der Waals surface area contributed by atoms with Crippen molar-refractivity contribution >= 4 is 0 Å². The molecule has 0 bridgehead atoms. The zero-order valence-electron chi connectivity index (χ0n) is 10.1. The van der Waals surface area contributed by atoms with Crippen LogP contribution in [-0.4, -0.2) is 32.6 Å². The van der Waals surface area contributed by atoms with Gasteiger partial charge >= 0.3 is 0 Å². The van der Waals surface area contributed by atoms with Crippen molar-refractivity contribution in [3.63, 3.8) is 0 Å². The third kappa shape index (κ3) is 3.56. The monoisotopic (exact) mass is 218 g/mol. The van der Waals surface area contributed by atoms with Gasteiger partial charge in [0.05, 0.1) is 19.1 Å². The Balaban J connectivity index is 2.68. The summed E-state index contributed by atoms with van der Waals surface area (Å²) in [7, 11) is 5.67. The quantitative estimate of drug-likeness (QED) is 0.760. The predicted octanol–water partition coefficient (Wildman–Crippen LogP) is 2.25.